The smallest absolute Gasteiger partial charge is 0.133 e. The number of fused-ring (bicyclic) bond motifs is 2. The highest BCUT2D eigenvalue weighted by Gasteiger charge is 2.18. The van der Waals surface area contributed by atoms with Crippen LogP contribution in [0.3, 0.4) is 0 Å². The van der Waals surface area contributed by atoms with Crippen molar-refractivity contribution in [2.24, 2.45) is 0 Å². The Morgan fingerprint density at radius 1 is 0.500 bits per heavy atom. The molecule has 0 aliphatic carbocycles. The highest BCUT2D eigenvalue weighted by Crippen LogP contribution is 2.44. The van der Waals surface area contributed by atoms with E-state index in [4.69, 9.17) is 4.42 Å². The Hall–Kier alpha value is -4.30. The molecule has 0 aliphatic heterocycles. The van der Waals surface area contributed by atoms with Gasteiger partial charge in [-0.2, -0.15) is 0 Å². The number of anilines is 3. The van der Waals surface area contributed by atoms with Crippen molar-refractivity contribution in [1.82, 2.24) is 0 Å². The Balaban J connectivity index is 1.70. The number of hydrogen-bond acceptors (Lipinski definition) is 2. The van der Waals surface area contributed by atoms with Crippen LogP contribution in [0.25, 0.3) is 32.9 Å². The summed E-state index contributed by atoms with van der Waals surface area (Å²) in [4.78, 5) is 2.36. The van der Waals surface area contributed by atoms with Crippen molar-refractivity contribution in [1.29, 1.82) is 0 Å². The van der Waals surface area contributed by atoms with E-state index in [-0.39, 0.29) is 0 Å². The molecule has 6 aromatic rings. The van der Waals surface area contributed by atoms with Crippen LogP contribution in [0.5, 0.6) is 0 Å². The summed E-state index contributed by atoms with van der Waals surface area (Å²) in [7, 11) is 0. The average Bonchev–Trinajstić information content (AvgIpc) is 3.40. The van der Waals surface area contributed by atoms with E-state index >= 15 is 0 Å². The minimum Gasteiger partial charge on any atom is -0.464 e. The summed E-state index contributed by atoms with van der Waals surface area (Å²) >= 11 is 0. The van der Waals surface area contributed by atoms with Gasteiger partial charge in [0.15, 0.2) is 0 Å². The van der Waals surface area contributed by atoms with E-state index < -0.39 is 0 Å². The second-order valence-electron chi connectivity index (χ2n) is 7.87. The Bertz CT molecular complexity index is 1460. The Labute approximate surface area is 187 Å². The molecule has 0 spiro atoms. The zero-order valence-corrected chi connectivity index (χ0v) is 17.5. The molecule has 32 heavy (non-hydrogen) atoms. The molecule has 1 aromatic heterocycles. The number of rotatable bonds is 4. The van der Waals surface area contributed by atoms with Crippen LogP contribution in [0.15, 0.2) is 132 Å². The molecule has 1 heterocycles. The molecule has 152 valence electrons. The van der Waals surface area contributed by atoms with Crippen LogP contribution in [0.2, 0.25) is 0 Å². The molecule has 2 heteroatoms. The van der Waals surface area contributed by atoms with Crippen molar-refractivity contribution < 1.29 is 4.42 Å². The van der Waals surface area contributed by atoms with Crippen LogP contribution in [-0.4, -0.2) is 0 Å². The minimum absolute atomic E-state index is 0.879. The lowest BCUT2D eigenvalue weighted by Crippen LogP contribution is -2.11. The first-order chi connectivity index (χ1) is 15.9. The topological polar surface area (TPSA) is 16.4 Å². The van der Waals surface area contributed by atoms with Gasteiger partial charge >= 0.3 is 0 Å². The molecular formula is C30H21NO. The van der Waals surface area contributed by atoms with Gasteiger partial charge < -0.3 is 9.32 Å². The lowest BCUT2D eigenvalue weighted by molar-refractivity contribution is 0.582. The van der Waals surface area contributed by atoms with Gasteiger partial charge in [0.05, 0.1) is 12.0 Å². The molecule has 0 saturated heterocycles. The van der Waals surface area contributed by atoms with E-state index in [2.05, 4.69) is 114 Å². The summed E-state index contributed by atoms with van der Waals surface area (Å²) in [5.41, 5.74) is 4.52. The summed E-state index contributed by atoms with van der Waals surface area (Å²) in [6.07, 6.45) is 1.72. The average molecular weight is 412 g/mol. The lowest BCUT2D eigenvalue weighted by atomic mass is 9.97. The van der Waals surface area contributed by atoms with Crippen LogP contribution in [0.4, 0.5) is 17.1 Å². The van der Waals surface area contributed by atoms with Crippen LogP contribution in [0, 0.1) is 0 Å². The first-order valence-electron chi connectivity index (χ1n) is 10.8. The second kappa shape index (κ2) is 7.75. The van der Waals surface area contributed by atoms with Crippen molar-refractivity contribution in [3.8, 4) is 11.3 Å². The summed E-state index contributed by atoms with van der Waals surface area (Å²) in [6, 6.07) is 42.5. The molecule has 0 aliphatic rings. The fraction of sp³-hybridized carbons (Fsp3) is 0. The molecule has 2 nitrogen and oxygen atoms in total. The van der Waals surface area contributed by atoms with Crippen molar-refractivity contribution in [2.45, 2.75) is 0 Å². The van der Waals surface area contributed by atoms with Crippen LogP contribution < -0.4 is 4.90 Å². The number of para-hydroxylation sites is 2. The Kier molecular flexibility index (Phi) is 4.47. The van der Waals surface area contributed by atoms with Gasteiger partial charge in [-0.3, -0.25) is 0 Å². The summed E-state index contributed by atoms with van der Waals surface area (Å²) < 4.78 is 5.66. The van der Waals surface area contributed by atoms with Gasteiger partial charge in [0.2, 0.25) is 0 Å². The number of nitrogens with zero attached hydrogens (tertiary/aromatic N) is 1. The molecule has 0 bridgehead atoms. The van der Waals surface area contributed by atoms with Crippen LogP contribution in [0.1, 0.15) is 0 Å². The van der Waals surface area contributed by atoms with Crippen molar-refractivity contribution >= 4 is 38.6 Å². The maximum absolute atomic E-state index is 5.66. The number of benzene rings is 5. The normalized spacial score (nSPS) is 11.1. The monoisotopic (exact) mass is 411 g/mol. The first kappa shape index (κ1) is 18.5. The minimum atomic E-state index is 0.879. The quantitative estimate of drug-likeness (QED) is 0.270. The molecule has 0 amide bonds. The molecular weight excluding hydrogens is 390 g/mol. The van der Waals surface area contributed by atoms with Gasteiger partial charge in [-0.1, -0.05) is 72.8 Å². The molecule has 0 fully saturated rings. The van der Waals surface area contributed by atoms with E-state index in [1.54, 1.807) is 6.26 Å². The largest absolute Gasteiger partial charge is 0.464 e. The number of hydrogen-bond donors (Lipinski definition) is 0. The SMILES string of the molecule is c1ccc(N(c2ccccc2)c2c3ccccc3cc3cc(-c4ccco4)ccc23)cc1. The molecule has 0 saturated carbocycles. The highest BCUT2D eigenvalue weighted by molar-refractivity contribution is 6.14. The van der Waals surface area contributed by atoms with Gasteiger partial charge in [0.25, 0.3) is 0 Å². The highest BCUT2D eigenvalue weighted by atomic mass is 16.3. The van der Waals surface area contributed by atoms with Crippen molar-refractivity contribution in [3.05, 3.63) is 128 Å². The molecule has 0 radical (unpaired) electrons. The Morgan fingerprint density at radius 3 is 1.84 bits per heavy atom. The predicted octanol–water partition coefficient (Wildman–Crippen LogP) is 8.72. The second-order valence-corrected chi connectivity index (χ2v) is 7.87. The fourth-order valence-corrected chi connectivity index (χ4v) is 4.45. The standard InChI is InChI=1S/C30H21NO/c1-3-11-25(12-4-1)31(26-13-5-2-6-14-26)30-27-15-8-7-10-22(27)20-24-21-23(17-18-28(24)30)29-16-9-19-32-29/h1-21H. The van der Waals surface area contributed by atoms with E-state index in [0.717, 1.165) is 22.7 Å². The van der Waals surface area contributed by atoms with Gasteiger partial charge in [-0.15, -0.1) is 0 Å². The third-order valence-corrected chi connectivity index (χ3v) is 5.89. The predicted molar refractivity (Wildman–Crippen MR) is 134 cm³/mol. The molecule has 0 N–H and O–H groups in total. The van der Waals surface area contributed by atoms with Gasteiger partial charge in [-0.25, -0.2) is 0 Å². The molecule has 6 rings (SSSR count). The van der Waals surface area contributed by atoms with Gasteiger partial charge in [-0.05, 0) is 59.3 Å². The van der Waals surface area contributed by atoms with Crippen LogP contribution >= 0.6 is 0 Å². The summed E-state index contributed by atoms with van der Waals surface area (Å²) in [5.74, 6) is 0.879. The fourth-order valence-electron chi connectivity index (χ4n) is 4.45. The zero-order chi connectivity index (χ0) is 21.3. The van der Waals surface area contributed by atoms with E-state index in [0.29, 0.717) is 0 Å². The molecule has 0 atom stereocenters. The zero-order valence-electron chi connectivity index (χ0n) is 17.5. The molecule has 5 aromatic carbocycles. The summed E-state index contributed by atoms with van der Waals surface area (Å²) in [5, 5.41) is 4.82. The van der Waals surface area contributed by atoms with E-state index in [1.165, 1.54) is 27.2 Å². The van der Waals surface area contributed by atoms with E-state index in [9.17, 15) is 0 Å². The first-order valence-corrected chi connectivity index (χ1v) is 10.8. The van der Waals surface area contributed by atoms with Crippen molar-refractivity contribution in [2.75, 3.05) is 4.90 Å². The maximum atomic E-state index is 5.66. The molecule has 0 unspecified atom stereocenters. The van der Waals surface area contributed by atoms with Crippen LogP contribution in [-0.2, 0) is 0 Å². The van der Waals surface area contributed by atoms with Gasteiger partial charge in [0, 0.05) is 27.7 Å². The van der Waals surface area contributed by atoms with E-state index in [1.807, 2.05) is 12.1 Å². The van der Waals surface area contributed by atoms with Crippen molar-refractivity contribution in [3.63, 3.8) is 0 Å². The third-order valence-electron chi connectivity index (χ3n) is 5.89. The Morgan fingerprint density at radius 2 is 1.16 bits per heavy atom. The third kappa shape index (κ3) is 3.14. The van der Waals surface area contributed by atoms with Gasteiger partial charge in [0.1, 0.15) is 5.76 Å². The maximum Gasteiger partial charge on any atom is 0.133 e. The lowest BCUT2D eigenvalue weighted by Gasteiger charge is -2.28. The summed E-state index contributed by atoms with van der Waals surface area (Å²) in [6.45, 7) is 0. The number of furan rings is 1.